The summed E-state index contributed by atoms with van der Waals surface area (Å²) in [7, 11) is 2.09. The number of halogens is 1. The topological polar surface area (TPSA) is 67.6 Å². The van der Waals surface area contributed by atoms with E-state index in [1.165, 1.54) is 0 Å². The number of ether oxygens (including phenoxy) is 1. The fourth-order valence-electron chi connectivity index (χ4n) is 2.67. The van der Waals surface area contributed by atoms with E-state index in [-0.39, 0.29) is 24.0 Å². The van der Waals surface area contributed by atoms with E-state index in [1.54, 1.807) is 6.33 Å². The number of nitrogens with one attached hydrogen (secondary N) is 1. The lowest BCUT2D eigenvalue weighted by molar-refractivity contribution is 0.181. The summed E-state index contributed by atoms with van der Waals surface area (Å²) in [5.41, 5.74) is 0. The van der Waals surface area contributed by atoms with Crippen LogP contribution in [0.2, 0.25) is 0 Å². The molecule has 1 aromatic heterocycles. The van der Waals surface area contributed by atoms with Gasteiger partial charge in [-0.1, -0.05) is 6.92 Å². The minimum absolute atomic E-state index is 0. The summed E-state index contributed by atoms with van der Waals surface area (Å²) in [6.07, 6.45) is 3.82. The van der Waals surface area contributed by atoms with Crippen LogP contribution in [0.1, 0.15) is 26.1 Å². The zero-order valence-electron chi connectivity index (χ0n) is 14.4. The van der Waals surface area contributed by atoms with Crippen molar-refractivity contribution in [2.45, 2.75) is 33.2 Å². The van der Waals surface area contributed by atoms with Crippen LogP contribution >= 0.6 is 24.0 Å². The standard InChI is InChI=1S/C15H28N6O.HI/c1-4-14-19-18-12-21(14)8-7-17-15(16-5-2)20(3)10-13-6-9-22-11-13;/h12-13H,4-11H2,1-3H3,(H,16,17);1H. The second-order valence-corrected chi connectivity index (χ2v) is 5.64. The lowest BCUT2D eigenvalue weighted by atomic mass is 10.1. The summed E-state index contributed by atoms with van der Waals surface area (Å²) in [6.45, 7) is 9.33. The van der Waals surface area contributed by atoms with Gasteiger partial charge in [-0.2, -0.15) is 0 Å². The molecule has 0 amide bonds. The maximum atomic E-state index is 5.45. The Labute approximate surface area is 155 Å². The number of aromatic nitrogens is 3. The van der Waals surface area contributed by atoms with E-state index in [1.807, 2.05) is 0 Å². The van der Waals surface area contributed by atoms with Crippen molar-refractivity contribution in [2.75, 3.05) is 39.9 Å². The number of hydrogen-bond acceptors (Lipinski definition) is 4. The second-order valence-electron chi connectivity index (χ2n) is 5.64. The van der Waals surface area contributed by atoms with E-state index in [9.17, 15) is 0 Å². The van der Waals surface area contributed by atoms with Gasteiger partial charge in [-0.15, -0.1) is 34.2 Å². The fraction of sp³-hybridized carbons (Fsp3) is 0.800. The number of nitrogens with zero attached hydrogens (tertiary/aromatic N) is 5. The third-order valence-corrected chi connectivity index (χ3v) is 3.87. The van der Waals surface area contributed by atoms with Gasteiger partial charge < -0.3 is 19.5 Å². The Morgan fingerprint density at radius 3 is 3.00 bits per heavy atom. The van der Waals surface area contributed by atoms with Gasteiger partial charge in [-0.05, 0) is 13.3 Å². The summed E-state index contributed by atoms with van der Waals surface area (Å²) in [6, 6.07) is 0. The predicted molar refractivity (Wildman–Crippen MR) is 102 cm³/mol. The van der Waals surface area contributed by atoms with E-state index >= 15 is 0 Å². The molecule has 1 atom stereocenters. The highest BCUT2D eigenvalue weighted by atomic mass is 127. The first kappa shape index (κ1) is 20.1. The molecule has 1 fully saturated rings. The van der Waals surface area contributed by atoms with Gasteiger partial charge in [-0.25, -0.2) is 0 Å². The minimum atomic E-state index is 0. The highest BCUT2D eigenvalue weighted by Gasteiger charge is 2.18. The summed E-state index contributed by atoms with van der Waals surface area (Å²) < 4.78 is 7.52. The molecule has 0 aliphatic carbocycles. The molecule has 1 N–H and O–H groups in total. The maximum Gasteiger partial charge on any atom is 0.193 e. The SMILES string of the molecule is CCNC(=NCCn1cnnc1CC)N(C)CC1CCOC1.I. The van der Waals surface area contributed by atoms with Gasteiger partial charge >= 0.3 is 0 Å². The van der Waals surface area contributed by atoms with Gasteiger partial charge in [0.15, 0.2) is 5.96 Å². The molecule has 1 unspecified atom stereocenters. The Balaban J connectivity index is 0.00000264. The van der Waals surface area contributed by atoms with E-state index in [4.69, 9.17) is 9.73 Å². The van der Waals surface area contributed by atoms with Crippen molar-refractivity contribution in [1.29, 1.82) is 0 Å². The van der Waals surface area contributed by atoms with Crippen LogP contribution in [0.3, 0.4) is 0 Å². The van der Waals surface area contributed by atoms with Gasteiger partial charge in [0, 0.05) is 45.6 Å². The molecule has 0 saturated carbocycles. The van der Waals surface area contributed by atoms with Gasteiger partial charge in [-0.3, -0.25) is 4.99 Å². The third-order valence-electron chi connectivity index (χ3n) is 3.87. The lowest BCUT2D eigenvalue weighted by Gasteiger charge is -2.24. The molecule has 132 valence electrons. The first-order valence-electron chi connectivity index (χ1n) is 8.18. The Morgan fingerprint density at radius 2 is 2.35 bits per heavy atom. The molecule has 8 heteroatoms. The Morgan fingerprint density at radius 1 is 1.52 bits per heavy atom. The van der Waals surface area contributed by atoms with E-state index in [2.05, 4.69) is 45.9 Å². The molecule has 0 bridgehead atoms. The Hall–Kier alpha value is -0.900. The van der Waals surface area contributed by atoms with E-state index in [0.29, 0.717) is 5.92 Å². The highest BCUT2D eigenvalue weighted by Crippen LogP contribution is 2.13. The lowest BCUT2D eigenvalue weighted by Crippen LogP contribution is -2.41. The summed E-state index contributed by atoms with van der Waals surface area (Å²) in [5, 5.41) is 11.4. The van der Waals surface area contributed by atoms with Crippen molar-refractivity contribution in [2.24, 2.45) is 10.9 Å². The number of rotatable bonds is 7. The van der Waals surface area contributed by atoms with Crippen LogP contribution in [0, 0.1) is 5.92 Å². The molecule has 0 radical (unpaired) electrons. The normalized spacial score (nSPS) is 17.9. The molecule has 0 aromatic carbocycles. The fourth-order valence-corrected chi connectivity index (χ4v) is 2.67. The molecule has 2 rings (SSSR count). The smallest absolute Gasteiger partial charge is 0.193 e. The van der Waals surface area contributed by atoms with E-state index in [0.717, 1.165) is 64.0 Å². The van der Waals surface area contributed by atoms with Gasteiger partial charge in [0.2, 0.25) is 0 Å². The summed E-state index contributed by atoms with van der Waals surface area (Å²) in [4.78, 5) is 6.92. The molecule has 1 saturated heterocycles. The van der Waals surface area contributed by atoms with Gasteiger partial charge in [0.25, 0.3) is 0 Å². The second kappa shape index (κ2) is 10.8. The predicted octanol–water partition coefficient (Wildman–Crippen LogP) is 1.39. The average molecular weight is 436 g/mol. The van der Waals surface area contributed by atoms with Crippen molar-refractivity contribution >= 4 is 29.9 Å². The molecular weight excluding hydrogens is 407 g/mol. The van der Waals surface area contributed by atoms with Crippen molar-refractivity contribution in [3.8, 4) is 0 Å². The van der Waals surface area contributed by atoms with Crippen LogP contribution in [-0.4, -0.2) is 65.5 Å². The monoisotopic (exact) mass is 436 g/mol. The van der Waals surface area contributed by atoms with Crippen molar-refractivity contribution in [3.05, 3.63) is 12.2 Å². The molecule has 1 aliphatic rings. The van der Waals surface area contributed by atoms with Crippen LogP contribution in [0.15, 0.2) is 11.3 Å². The van der Waals surface area contributed by atoms with Crippen LogP contribution in [0.4, 0.5) is 0 Å². The Bertz CT molecular complexity index is 472. The first-order chi connectivity index (χ1) is 10.7. The first-order valence-corrected chi connectivity index (χ1v) is 8.18. The zero-order valence-corrected chi connectivity index (χ0v) is 16.7. The zero-order chi connectivity index (χ0) is 15.8. The van der Waals surface area contributed by atoms with Crippen LogP contribution in [-0.2, 0) is 17.7 Å². The molecule has 1 aliphatic heterocycles. The third kappa shape index (κ3) is 6.25. The van der Waals surface area contributed by atoms with Crippen molar-refractivity contribution in [3.63, 3.8) is 0 Å². The average Bonchev–Trinajstić information content (AvgIpc) is 3.17. The maximum absolute atomic E-state index is 5.45. The molecule has 0 spiro atoms. The largest absolute Gasteiger partial charge is 0.381 e. The van der Waals surface area contributed by atoms with Gasteiger partial charge in [0.1, 0.15) is 12.2 Å². The summed E-state index contributed by atoms with van der Waals surface area (Å²) in [5.74, 6) is 2.58. The number of guanidine groups is 1. The number of hydrogen-bond donors (Lipinski definition) is 1. The van der Waals surface area contributed by atoms with E-state index < -0.39 is 0 Å². The van der Waals surface area contributed by atoms with Crippen molar-refractivity contribution in [1.82, 2.24) is 25.0 Å². The number of aryl methyl sites for hydroxylation is 1. The molecular formula is C15H29IN6O. The van der Waals surface area contributed by atoms with Crippen molar-refractivity contribution < 1.29 is 4.74 Å². The number of aliphatic imine (C=N–C) groups is 1. The van der Waals surface area contributed by atoms with Gasteiger partial charge in [0.05, 0.1) is 13.2 Å². The quantitative estimate of drug-likeness (QED) is 0.398. The summed E-state index contributed by atoms with van der Waals surface area (Å²) >= 11 is 0. The Kier molecular flexibility index (Phi) is 9.46. The molecule has 23 heavy (non-hydrogen) atoms. The minimum Gasteiger partial charge on any atom is -0.381 e. The van der Waals surface area contributed by atoms with Crippen LogP contribution in [0.5, 0.6) is 0 Å². The molecule has 2 heterocycles. The molecule has 7 nitrogen and oxygen atoms in total. The molecule has 1 aromatic rings. The van der Waals surface area contributed by atoms with Crippen LogP contribution in [0.25, 0.3) is 0 Å². The highest BCUT2D eigenvalue weighted by molar-refractivity contribution is 14.0. The van der Waals surface area contributed by atoms with Crippen LogP contribution < -0.4 is 5.32 Å².